The second-order valence-electron chi connectivity index (χ2n) is 2.16. The third-order valence-corrected chi connectivity index (χ3v) is 1.64. The van der Waals surface area contributed by atoms with Crippen molar-refractivity contribution < 1.29 is 0 Å². The fourth-order valence-corrected chi connectivity index (χ4v) is 0.955. The quantitative estimate of drug-likeness (QED) is 0.446. The van der Waals surface area contributed by atoms with Crippen LogP contribution in [0.4, 0.5) is 0 Å². The lowest BCUT2D eigenvalue weighted by Crippen LogP contribution is -2.21. The maximum absolute atomic E-state index is 3.24. The molecule has 0 bridgehead atoms. The normalized spacial score (nSPS) is 10.7. The monoisotopic (exact) mass is 148 g/mol. The molecule has 0 aliphatic heterocycles. The van der Waals surface area contributed by atoms with Crippen LogP contribution in [-0.4, -0.2) is 25.4 Å². The van der Waals surface area contributed by atoms with Crippen molar-refractivity contribution in [3.8, 4) is 0 Å². The fraction of sp³-hybridized carbons (Fsp3) is 1.00. The van der Waals surface area contributed by atoms with E-state index >= 15 is 0 Å². The van der Waals surface area contributed by atoms with Crippen LogP contribution in [0.5, 0.6) is 0 Å². The van der Waals surface area contributed by atoms with Gasteiger partial charge in [0.1, 0.15) is 0 Å². The third kappa shape index (κ3) is 8.27. The first-order valence-electron chi connectivity index (χ1n) is 3.30. The second kappa shape index (κ2) is 6.39. The predicted molar refractivity (Wildman–Crippen MR) is 44.7 cm³/mol. The minimum absolute atomic E-state index is 0.682. The van der Waals surface area contributed by atoms with Crippen LogP contribution in [-0.2, 0) is 0 Å². The molecule has 0 saturated heterocycles. The van der Waals surface area contributed by atoms with Crippen LogP contribution in [0.2, 0.25) is 0 Å². The van der Waals surface area contributed by atoms with Crippen LogP contribution >= 0.6 is 11.9 Å². The molecule has 0 radical (unpaired) electrons. The summed E-state index contributed by atoms with van der Waals surface area (Å²) in [6, 6.07) is 0. The maximum atomic E-state index is 3.24. The van der Waals surface area contributed by atoms with Gasteiger partial charge in [-0.2, -0.15) is 0 Å². The summed E-state index contributed by atoms with van der Waals surface area (Å²) in [5.41, 5.74) is 0. The van der Waals surface area contributed by atoms with Crippen molar-refractivity contribution in [1.29, 1.82) is 0 Å². The fourth-order valence-electron chi connectivity index (χ4n) is 0.402. The van der Waals surface area contributed by atoms with Crippen molar-refractivity contribution in [2.75, 3.05) is 20.1 Å². The topological polar surface area (TPSA) is 24.1 Å². The highest BCUT2D eigenvalue weighted by Gasteiger charge is 1.90. The molecule has 0 heterocycles. The molecule has 0 aliphatic rings. The van der Waals surface area contributed by atoms with Crippen LogP contribution in [0.1, 0.15) is 13.8 Å². The van der Waals surface area contributed by atoms with Crippen molar-refractivity contribution >= 4 is 11.9 Å². The molecule has 0 spiro atoms. The van der Waals surface area contributed by atoms with Crippen molar-refractivity contribution in [3.05, 3.63) is 0 Å². The van der Waals surface area contributed by atoms with Crippen molar-refractivity contribution in [2.24, 2.45) is 0 Å². The Morgan fingerprint density at radius 3 is 2.44 bits per heavy atom. The molecular formula is C6H16N2S. The van der Waals surface area contributed by atoms with Gasteiger partial charge in [-0.15, -0.1) is 0 Å². The largest absolute Gasteiger partial charge is 0.318 e. The van der Waals surface area contributed by atoms with Gasteiger partial charge < -0.3 is 5.32 Å². The van der Waals surface area contributed by atoms with E-state index in [0.29, 0.717) is 5.25 Å². The zero-order valence-corrected chi connectivity index (χ0v) is 7.22. The number of hydrogen-bond donors (Lipinski definition) is 2. The summed E-state index contributed by atoms with van der Waals surface area (Å²) >= 11 is 1.78. The molecule has 0 rings (SSSR count). The first-order valence-corrected chi connectivity index (χ1v) is 4.18. The SMILES string of the molecule is CNCCNSC(C)C. The van der Waals surface area contributed by atoms with Gasteiger partial charge in [0.05, 0.1) is 0 Å². The standard InChI is InChI=1S/C6H16N2S/c1-6(2)9-8-5-4-7-3/h6-8H,4-5H2,1-3H3. The zero-order chi connectivity index (χ0) is 7.11. The van der Waals surface area contributed by atoms with Crippen molar-refractivity contribution in [1.82, 2.24) is 10.0 Å². The van der Waals surface area contributed by atoms with Gasteiger partial charge in [-0.25, -0.2) is 0 Å². The Hall–Kier alpha value is 0.270. The van der Waals surface area contributed by atoms with Gasteiger partial charge in [0, 0.05) is 18.3 Å². The molecule has 2 nitrogen and oxygen atoms in total. The van der Waals surface area contributed by atoms with E-state index in [1.807, 2.05) is 7.05 Å². The molecule has 0 fully saturated rings. The highest BCUT2D eigenvalue weighted by Crippen LogP contribution is 2.01. The van der Waals surface area contributed by atoms with Crippen LogP contribution in [0, 0.1) is 0 Å². The summed E-state index contributed by atoms with van der Waals surface area (Å²) in [7, 11) is 1.96. The van der Waals surface area contributed by atoms with Crippen LogP contribution in [0.25, 0.3) is 0 Å². The summed E-state index contributed by atoms with van der Waals surface area (Å²) in [5.74, 6) is 0. The summed E-state index contributed by atoms with van der Waals surface area (Å²) in [6.07, 6.45) is 0. The van der Waals surface area contributed by atoms with E-state index in [0.717, 1.165) is 13.1 Å². The lowest BCUT2D eigenvalue weighted by Gasteiger charge is -2.04. The van der Waals surface area contributed by atoms with E-state index in [1.54, 1.807) is 11.9 Å². The van der Waals surface area contributed by atoms with E-state index in [4.69, 9.17) is 0 Å². The maximum Gasteiger partial charge on any atom is 0.0184 e. The van der Waals surface area contributed by atoms with E-state index in [-0.39, 0.29) is 0 Å². The zero-order valence-electron chi connectivity index (χ0n) is 6.40. The number of nitrogens with one attached hydrogen (secondary N) is 2. The average Bonchev–Trinajstić information content (AvgIpc) is 1.80. The Morgan fingerprint density at radius 1 is 1.33 bits per heavy atom. The van der Waals surface area contributed by atoms with E-state index < -0.39 is 0 Å². The number of likely N-dealkylation sites (N-methyl/N-ethyl adjacent to an activating group) is 1. The lowest BCUT2D eigenvalue weighted by molar-refractivity contribution is 0.774. The van der Waals surface area contributed by atoms with Crippen LogP contribution in [0.3, 0.4) is 0 Å². The Labute approximate surface area is 61.9 Å². The molecule has 0 aromatic heterocycles. The molecule has 56 valence electrons. The average molecular weight is 148 g/mol. The molecule has 2 N–H and O–H groups in total. The van der Waals surface area contributed by atoms with E-state index in [1.165, 1.54) is 0 Å². The summed E-state index contributed by atoms with van der Waals surface area (Å²) in [4.78, 5) is 0. The van der Waals surface area contributed by atoms with Gasteiger partial charge in [0.2, 0.25) is 0 Å². The number of rotatable bonds is 5. The van der Waals surface area contributed by atoms with Gasteiger partial charge >= 0.3 is 0 Å². The Kier molecular flexibility index (Phi) is 6.58. The molecule has 0 aliphatic carbocycles. The number of hydrogen-bond acceptors (Lipinski definition) is 3. The highest BCUT2D eigenvalue weighted by molar-refractivity contribution is 7.97. The summed E-state index contributed by atoms with van der Waals surface area (Å²) in [6.45, 7) is 6.44. The molecule has 3 heteroatoms. The minimum Gasteiger partial charge on any atom is -0.318 e. The van der Waals surface area contributed by atoms with Gasteiger partial charge in [0.15, 0.2) is 0 Å². The molecular weight excluding hydrogens is 132 g/mol. The minimum atomic E-state index is 0.682. The van der Waals surface area contributed by atoms with Crippen LogP contribution in [0.15, 0.2) is 0 Å². The molecule has 0 aromatic rings. The highest BCUT2D eigenvalue weighted by atomic mass is 32.2. The molecule has 0 atom stereocenters. The first kappa shape index (κ1) is 9.27. The van der Waals surface area contributed by atoms with Gasteiger partial charge in [0.25, 0.3) is 0 Å². The Bertz CT molecular complexity index is 57.0. The van der Waals surface area contributed by atoms with Crippen LogP contribution < -0.4 is 10.0 Å². The van der Waals surface area contributed by atoms with Gasteiger partial charge in [-0.1, -0.05) is 25.8 Å². The molecule has 0 unspecified atom stereocenters. The molecule has 9 heavy (non-hydrogen) atoms. The predicted octanol–water partition coefficient (Wildman–Crippen LogP) is 0.852. The van der Waals surface area contributed by atoms with Gasteiger partial charge in [-0.05, 0) is 7.05 Å². The summed E-state index contributed by atoms with van der Waals surface area (Å²) in [5, 5.41) is 3.75. The van der Waals surface area contributed by atoms with E-state index in [9.17, 15) is 0 Å². The first-order chi connectivity index (χ1) is 4.27. The lowest BCUT2D eigenvalue weighted by atomic mass is 10.6. The Balaban J connectivity index is 2.75. The van der Waals surface area contributed by atoms with Crippen molar-refractivity contribution in [3.63, 3.8) is 0 Å². The van der Waals surface area contributed by atoms with Crippen molar-refractivity contribution in [2.45, 2.75) is 19.1 Å². The Morgan fingerprint density at radius 2 is 2.00 bits per heavy atom. The molecule has 0 amide bonds. The van der Waals surface area contributed by atoms with E-state index in [2.05, 4.69) is 23.9 Å². The molecule has 0 saturated carbocycles. The molecule has 0 aromatic carbocycles. The summed E-state index contributed by atoms with van der Waals surface area (Å²) < 4.78 is 3.24. The smallest absolute Gasteiger partial charge is 0.0184 e. The third-order valence-electron chi connectivity index (χ3n) is 0.796. The van der Waals surface area contributed by atoms with Gasteiger partial charge in [-0.3, -0.25) is 4.72 Å². The second-order valence-corrected chi connectivity index (χ2v) is 3.63.